The zero-order valence-corrected chi connectivity index (χ0v) is 38.3. The van der Waals surface area contributed by atoms with E-state index in [1.165, 1.54) is 18.9 Å². The van der Waals surface area contributed by atoms with Crippen LogP contribution >= 0.6 is 11.8 Å². The van der Waals surface area contributed by atoms with Crippen LogP contribution in [-0.4, -0.2) is 79.2 Å². The first kappa shape index (κ1) is 45.9. The standard InChI is InChI=1S/C47H52N2O8S3.H3N/c1-31(45(50)57-6)58-44-34(21-25-40-46(2,3)42-36-15-9-7-13-32(36)19-23-38(42)48(40)27-11-29-59(51,52)53)17-18-35(44)22-26-41-47(4,5)43-37-16-10-8-14-33(37)20-24-39(43)49(41)28-12-30-60(54,55)56;/h7-10,13-16,19-26,31H,11-12,17-18,27-30H2,1-6H3,(H-,51,52,53,54,55,56);1H3/p+1. The number of quaternary nitrogens is 1. The molecular weight excluding hydrogens is 831 g/mol. The van der Waals surface area contributed by atoms with E-state index in [0.29, 0.717) is 25.9 Å². The van der Waals surface area contributed by atoms with Crippen molar-refractivity contribution in [3.63, 3.8) is 0 Å². The van der Waals surface area contributed by atoms with E-state index in [4.69, 9.17) is 4.74 Å². The summed E-state index contributed by atoms with van der Waals surface area (Å²) in [7, 11) is -7.15. The molecule has 0 radical (unpaired) electrons. The average molecular weight is 887 g/mol. The fourth-order valence-corrected chi connectivity index (χ4v) is 11.4. The van der Waals surface area contributed by atoms with Gasteiger partial charge >= 0.3 is 5.97 Å². The Hall–Kier alpha value is -4.57. The van der Waals surface area contributed by atoms with E-state index in [9.17, 15) is 30.7 Å². The third-order valence-electron chi connectivity index (χ3n) is 12.0. The van der Waals surface area contributed by atoms with Crippen LogP contribution in [0.1, 0.15) is 71.4 Å². The molecule has 5 N–H and O–H groups in total. The van der Waals surface area contributed by atoms with Crippen LogP contribution in [0.25, 0.3) is 21.5 Å². The summed E-state index contributed by atoms with van der Waals surface area (Å²) in [5.41, 5.74) is 7.43. The number of anilines is 1. The molecule has 61 heavy (non-hydrogen) atoms. The SMILES string of the molecule is COC(=O)C(C)SC1=C(/C=C/C2=[N+](CCCS(=O)(=O)[O-])c3ccc4ccccc4c3C2(C)C)CC/C1=C\C=C1\N(CCCS(=O)(=O)O)c2ccc3ccccc3c2C1(C)C.[NH4+]. The number of carbonyl (C=O) groups is 1. The fourth-order valence-electron chi connectivity index (χ4n) is 9.28. The smallest absolute Gasteiger partial charge is 0.318 e. The normalized spacial score (nSPS) is 19.0. The van der Waals surface area contributed by atoms with Crippen LogP contribution in [0.2, 0.25) is 0 Å². The molecule has 324 valence electrons. The van der Waals surface area contributed by atoms with Gasteiger partial charge in [-0.05, 0) is 96.5 Å². The van der Waals surface area contributed by atoms with E-state index >= 15 is 0 Å². The molecule has 0 aromatic heterocycles. The van der Waals surface area contributed by atoms with E-state index in [1.54, 1.807) is 0 Å². The van der Waals surface area contributed by atoms with Crippen LogP contribution < -0.4 is 11.1 Å². The number of nitrogens with zero attached hydrogens (tertiary/aromatic N) is 2. The van der Waals surface area contributed by atoms with Gasteiger partial charge in [-0.15, -0.1) is 11.8 Å². The number of thioether (sulfide) groups is 1. The third-order valence-corrected chi connectivity index (χ3v) is 14.9. The number of esters is 1. The summed E-state index contributed by atoms with van der Waals surface area (Å²) in [5.74, 6) is -1.14. The Morgan fingerprint density at radius 1 is 0.869 bits per heavy atom. The quantitative estimate of drug-likeness (QED) is 0.0703. The van der Waals surface area contributed by atoms with E-state index in [1.807, 2.05) is 31.2 Å². The number of hydrogen-bond donors (Lipinski definition) is 2. The van der Waals surface area contributed by atoms with Crippen LogP contribution in [0.4, 0.5) is 11.4 Å². The van der Waals surface area contributed by atoms with Crippen molar-refractivity contribution in [2.75, 3.05) is 36.6 Å². The van der Waals surface area contributed by atoms with Gasteiger partial charge in [0.15, 0.2) is 5.71 Å². The van der Waals surface area contributed by atoms with Crippen LogP contribution in [0, 0.1) is 0 Å². The number of carbonyl (C=O) groups excluding carboxylic acids is 1. The highest BCUT2D eigenvalue weighted by atomic mass is 32.2. The minimum absolute atomic E-state index is 0. The Morgan fingerprint density at radius 3 is 2.15 bits per heavy atom. The molecule has 4 aromatic carbocycles. The molecular formula is C47H56N3O8S3+. The van der Waals surface area contributed by atoms with Gasteiger partial charge in [-0.3, -0.25) is 9.35 Å². The molecule has 2 aliphatic heterocycles. The van der Waals surface area contributed by atoms with Gasteiger partial charge in [0.05, 0.1) is 28.4 Å². The molecule has 7 rings (SSSR count). The van der Waals surface area contributed by atoms with Crippen molar-refractivity contribution in [2.24, 2.45) is 0 Å². The largest absolute Gasteiger partial charge is 0.748 e. The van der Waals surface area contributed by atoms with Crippen molar-refractivity contribution in [1.29, 1.82) is 0 Å². The van der Waals surface area contributed by atoms with Gasteiger partial charge in [0.1, 0.15) is 11.8 Å². The van der Waals surface area contributed by atoms with Crippen molar-refractivity contribution in [3.05, 3.63) is 130 Å². The number of fused-ring (bicyclic) bond motifs is 6. The van der Waals surface area contributed by atoms with Gasteiger partial charge in [-0.1, -0.05) is 80.6 Å². The summed E-state index contributed by atoms with van der Waals surface area (Å²) in [6.45, 7) is 11.3. The minimum atomic E-state index is -4.39. The molecule has 0 saturated carbocycles. The molecule has 1 unspecified atom stereocenters. The first-order chi connectivity index (χ1) is 28.3. The number of methoxy groups -OCH3 is 1. The fraction of sp³-hybridized carbons (Fsp3) is 0.362. The van der Waals surface area contributed by atoms with Crippen molar-refractivity contribution < 1.29 is 40.0 Å². The highest BCUT2D eigenvalue weighted by Crippen LogP contribution is 2.51. The molecule has 14 heteroatoms. The van der Waals surface area contributed by atoms with Crippen molar-refractivity contribution >= 4 is 76.6 Å². The van der Waals surface area contributed by atoms with E-state index < -0.39 is 42.1 Å². The predicted molar refractivity (Wildman–Crippen MR) is 248 cm³/mol. The molecule has 0 spiro atoms. The van der Waals surface area contributed by atoms with Crippen LogP contribution in [-0.2, 0) is 40.6 Å². The Kier molecular flexibility index (Phi) is 13.3. The van der Waals surface area contributed by atoms with Gasteiger partial charge in [0, 0.05) is 58.1 Å². The average Bonchev–Trinajstić information content (AvgIpc) is 3.75. The maximum absolute atomic E-state index is 12.9. The second-order valence-corrected chi connectivity index (χ2v) is 21.2. The van der Waals surface area contributed by atoms with E-state index in [-0.39, 0.29) is 30.7 Å². The van der Waals surface area contributed by atoms with Crippen molar-refractivity contribution in [3.8, 4) is 0 Å². The van der Waals surface area contributed by atoms with Gasteiger partial charge < -0.3 is 20.3 Å². The summed E-state index contributed by atoms with van der Waals surface area (Å²) < 4.78 is 75.4. The molecule has 3 aliphatic rings. The lowest BCUT2D eigenvalue weighted by atomic mass is 9.79. The Morgan fingerprint density at radius 2 is 1.51 bits per heavy atom. The number of rotatable bonds is 14. The number of allylic oxidation sites excluding steroid dienone is 7. The summed E-state index contributed by atoms with van der Waals surface area (Å²) in [5, 5.41) is 3.96. The van der Waals surface area contributed by atoms with Crippen LogP contribution in [0.3, 0.4) is 0 Å². The minimum Gasteiger partial charge on any atom is -0.748 e. The maximum Gasteiger partial charge on any atom is 0.318 e. The molecule has 1 aliphatic carbocycles. The van der Waals surface area contributed by atoms with E-state index in [2.05, 4.69) is 110 Å². The van der Waals surface area contributed by atoms with Gasteiger partial charge in [-0.2, -0.15) is 13.0 Å². The Balaban J connectivity index is 0.00000622. The maximum atomic E-state index is 12.9. The van der Waals surface area contributed by atoms with Gasteiger partial charge in [-0.25, -0.2) is 8.42 Å². The highest BCUT2D eigenvalue weighted by molar-refractivity contribution is 8.04. The molecule has 0 bridgehead atoms. The molecule has 0 amide bonds. The molecule has 2 heterocycles. The van der Waals surface area contributed by atoms with Crippen LogP contribution in [0.15, 0.2) is 119 Å². The Labute approximate surface area is 364 Å². The monoisotopic (exact) mass is 886 g/mol. The molecule has 1 atom stereocenters. The number of benzene rings is 4. The first-order valence-corrected chi connectivity index (χ1v) is 24.3. The molecule has 11 nitrogen and oxygen atoms in total. The summed E-state index contributed by atoms with van der Waals surface area (Å²) in [4.78, 5) is 16.0. The molecule has 0 fully saturated rings. The van der Waals surface area contributed by atoms with Crippen molar-refractivity contribution in [2.45, 2.75) is 76.4 Å². The lowest BCUT2D eigenvalue weighted by molar-refractivity contribution is -0.437. The second kappa shape index (κ2) is 17.7. The summed E-state index contributed by atoms with van der Waals surface area (Å²) in [6, 6.07) is 24.8. The lowest BCUT2D eigenvalue weighted by Gasteiger charge is -2.27. The predicted octanol–water partition coefficient (Wildman–Crippen LogP) is 9.47. The topological polar surface area (TPSA) is 181 Å². The third kappa shape index (κ3) is 9.30. The molecule has 4 aromatic rings. The lowest BCUT2D eigenvalue weighted by Crippen LogP contribution is -2.28. The van der Waals surface area contributed by atoms with Gasteiger partial charge in [0.25, 0.3) is 10.1 Å². The zero-order valence-electron chi connectivity index (χ0n) is 35.9. The summed E-state index contributed by atoms with van der Waals surface area (Å²) >= 11 is 1.46. The first-order valence-electron chi connectivity index (χ1n) is 20.2. The highest BCUT2D eigenvalue weighted by Gasteiger charge is 2.46. The van der Waals surface area contributed by atoms with Crippen molar-refractivity contribution in [1.82, 2.24) is 6.15 Å². The molecule has 0 saturated heterocycles. The van der Waals surface area contributed by atoms with Crippen LogP contribution in [0.5, 0.6) is 0 Å². The second-order valence-electron chi connectivity index (χ2n) is 16.8. The number of ether oxygens (including phenoxy) is 1. The zero-order chi connectivity index (χ0) is 43.2. The summed E-state index contributed by atoms with van der Waals surface area (Å²) in [6.07, 6.45) is 10.3. The van der Waals surface area contributed by atoms with E-state index in [0.717, 1.165) is 71.5 Å². The van der Waals surface area contributed by atoms with Gasteiger partial charge in [0.2, 0.25) is 5.69 Å². The number of hydrogen-bond acceptors (Lipinski definition) is 9. The Bertz CT molecular complexity index is 2780.